The topological polar surface area (TPSA) is 57.2 Å². The average Bonchev–Trinajstić information content (AvgIpc) is 2.74. The lowest BCUT2D eigenvalue weighted by molar-refractivity contribution is 0.0457. The highest BCUT2D eigenvalue weighted by Crippen LogP contribution is 2.41. The molecule has 28 heavy (non-hydrogen) atoms. The van der Waals surface area contributed by atoms with Crippen molar-refractivity contribution in [2.24, 2.45) is 0 Å². The van der Waals surface area contributed by atoms with Gasteiger partial charge in [-0.25, -0.2) is 0 Å². The lowest BCUT2D eigenvalue weighted by Gasteiger charge is -2.22. The van der Waals surface area contributed by atoms with Crippen LogP contribution in [0.2, 0.25) is 0 Å². The minimum atomic E-state index is -0.569. The predicted molar refractivity (Wildman–Crippen MR) is 111 cm³/mol. The van der Waals surface area contributed by atoms with E-state index in [2.05, 4.69) is 25.6 Å². The highest BCUT2D eigenvalue weighted by atomic mass is 16.7. The van der Waals surface area contributed by atoms with Crippen molar-refractivity contribution in [2.75, 3.05) is 27.8 Å². The second-order valence-electron chi connectivity index (χ2n) is 6.37. The van der Waals surface area contributed by atoms with E-state index in [0.717, 1.165) is 34.4 Å². The third-order valence-corrected chi connectivity index (χ3v) is 4.51. The number of aliphatic hydroxyl groups excluding tert-OH is 1. The summed E-state index contributed by atoms with van der Waals surface area (Å²) in [5, 5.41) is 10.0. The fourth-order valence-corrected chi connectivity index (χ4v) is 3.21. The van der Waals surface area contributed by atoms with Crippen molar-refractivity contribution >= 4 is 0 Å². The van der Waals surface area contributed by atoms with E-state index in [1.54, 1.807) is 20.3 Å². The van der Waals surface area contributed by atoms with Crippen molar-refractivity contribution < 1.29 is 24.1 Å². The molecule has 0 spiro atoms. The Labute approximate surface area is 167 Å². The largest absolute Gasteiger partial charge is 0.467 e. The normalized spacial score (nSPS) is 11.9. The molecule has 0 amide bonds. The number of aliphatic hydroxyl groups is 1. The number of ether oxygens (including phenoxy) is 4. The molecule has 0 bridgehead atoms. The molecule has 2 aromatic carbocycles. The van der Waals surface area contributed by atoms with Gasteiger partial charge in [-0.3, -0.25) is 0 Å². The van der Waals surface area contributed by atoms with E-state index in [9.17, 15) is 5.11 Å². The summed E-state index contributed by atoms with van der Waals surface area (Å²) in [6.07, 6.45) is 2.99. The van der Waals surface area contributed by atoms with E-state index in [0.29, 0.717) is 18.6 Å². The molecule has 152 valence electrons. The molecule has 1 atom stereocenters. The van der Waals surface area contributed by atoms with Crippen molar-refractivity contribution in [1.29, 1.82) is 0 Å². The maximum Gasteiger partial charge on any atom is 0.188 e. The maximum atomic E-state index is 10.0. The van der Waals surface area contributed by atoms with Gasteiger partial charge in [-0.1, -0.05) is 43.3 Å². The molecule has 5 heteroatoms. The standard InChI is InChI=1S/C23H30O5/c1-5-18(24)12-13-20-19(6-2)21(27-15-25-3)14-22(28-16-26-4)23(20)17-10-8-7-9-11-17/h5,7-11,14,18,24H,1,6,12-13,15-16H2,2-4H3. The maximum absolute atomic E-state index is 10.0. The monoisotopic (exact) mass is 386 g/mol. The minimum absolute atomic E-state index is 0.129. The molecule has 0 heterocycles. The van der Waals surface area contributed by atoms with Gasteiger partial charge in [-0.05, 0) is 36.0 Å². The van der Waals surface area contributed by atoms with E-state index in [1.165, 1.54) is 0 Å². The average molecular weight is 386 g/mol. The predicted octanol–water partition coefficient (Wildman–Crippen LogP) is 4.36. The Morgan fingerprint density at radius 3 is 2.21 bits per heavy atom. The van der Waals surface area contributed by atoms with Gasteiger partial charge in [0.25, 0.3) is 0 Å². The van der Waals surface area contributed by atoms with E-state index in [4.69, 9.17) is 18.9 Å². The molecule has 0 aliphatic carbocycles. The molecule has 0 aliphatic rings. The molecule has 0 aromatic heterocycles. The highest BCUT2D eigenvalue weighted by molar-refractivity contribution is 5.77. The van der Waals surface area contributed by atoms with Crippen LogP contribution in [-0.4, -0.2) is 39.0 Å². The van der Waals surface area contributed by atoms with E-state index in [1.807, 2.05) is 24.3 Å². The molecule has 0 fully saturated rings. The van der Waals surface area contributed by atoms with Crippen LogP contribution < -0.4 is 9.47 Å². The molecule has 0 saturated heterocycles. The SMILES string of the molecule is C=CC(O)CCc1c(CC)c(OCOC)cc(OCOC)c1-c1ccccc1. The zero-order valence-electron chi connectivity index (χ0n) is 16.9. The molecular weight excluding hydrogens is 356 g/mol. The first kappa shape index (κ1) is 22.0. The van der Waals surface area contributed by atoms with Crippen LogP contribution in [0.5, 0.6) is 11.5 Å². The molecule has 1 unspecified atom stereocenters. The van der Waals surface area contributed by atoms with E-state index < -0.39 is 6.10 Å². The number of hydrogen-bond acceptors (Lipinski definition) is 5. The lowest BCUT2D eigenvalue weighted by Crippen LogP contribution is -2.11. The Kier molecular flexibility index (Phi) is 9.01. The first-order valence-corrected chi connectivity index (χ1v) is 9.44. The third kappa shape index (κ3) is 5.58. The Balaban J connectivity index is 2.65. The van der Waals surface area contributed by atoms with Gasteiger partial charge in [0.2, 0.25) is 0 Å². The Morgan fingerprint density at radius 2 is 1.64 bits per heavy atom. The fraction of sp³-hybridized carbons (Fsp3) is 0.391. The molecule has 5 nitrogen and oxygen atoms in total. The minimum Gasteiger partial charge on any atom is -0.467 e. The zero-order valence-corrected chi connectivity index (χ0v) is 16.9. The Morgan fingerprint density at radius 1 is 1.00 bits per heavy atom. The van der Waals surface area contributed by atoms with Crippen LogP contribution in [0.1, 0.15) is 24.5 Å². The summed E-state index contributed by atoms with van der Waals surface area (Å²) >= 11 is 0. The molecule has 0 saturated carbocycles. The molecule has 2 aromatic rings. The summed E-state index contributed by atoms with van der Waals surface area (Å²) in [4.78, 5) is 0. The summed E-state index contributed by atoms with van der Waals surface area (Å²) in [6.45, 7) is 6.05. The third-order valence-electron chi connectivity index (χ3n) is 4.51. The summed E-state index contributed by atoms with van der Waals surface area (Å²) in [5.74, 6) is 1.40. The molecule has 1 N–H and O–H groups in total. The van der Waals surface area contributed by atoms with Crippen LogP contribution in [0, 0.1) is 0 Å². The first-order valence-electron chi connectivity index (χ1n) is 9.44. The van der Waals surface area contributed by atoms with Crippen LogP contribution in [0.25, 0.3) is 11.1 Å². The van der Waals surface area contributed by atoms with Gasteiger partial charge in [0.05, 0.1) is 6.10 Å². The number of benzene rings is 2. The Bertz CT molecular complexity index is 742. The number of hydrogen-bond donors (Lipinski definition) is 1. The second-order valence-corrected chi connectivity index (χ2v) is 6.37. The second kappa shape index (κ2) is 11.5. The number of rotatable bonds is 12. The van der Waals surface area contributed by atoms with Gasteiger partial charge < -0.3 is 24.1 Å². The van der Waals surface area contributed by atoms with Crippen LogP contribution in [-0.2, 0) is 22.3 Å². The lowest BCUT2D eigenvalue weighted by atomic mass is 9.89. The van der Waals surface area contributed by atoms with Crippen molar-refractivity contribution in [1.82, 2.24) is 0 Å². The van der Waals surface area contributed by atoms with E-state index in [-0.39, 0.29) is 13.6 Å². The summed E-state index contributed by atoms with van der Waals surface area (Å²) < 4.78 is 22.0. The molecule has 0 radical (unpaired) electrons. The van der Waals surface area contributed by atoms with Gasteiger partial charge >= 0.3 is 0 Å². The molecule has 2 rings (SSSR count). The van der Waals surface area contributed by atoms with Gasteiger partial charge in [-0.2, -0.15) is 0 Å². The van der Waals surface area contributed by atoms with Crippen molar-refractivity contribution in [3.8, 4) is 22.6 Å². The van der Waals surface area contributed by atoms with Crippen LogP contribution in [0.4, 0.5) is 0 Å². The summed E-state index contributed by atoms with van der Waals surface area (Å²) in [7, 11) is 3.18. The van der Waals surface area contributed by atoms with Crippen LogP contribution in [0.3, 0.4) is 0 Å². The van der Waals surface area contributed by atoms with E-state index >= 15 is 0 Å². The van der Waals surface area contributed by atoms with Crippen LogP contribution >= 0.6 is 0 Å². The molecular formula is C23H30O5. The fourth-order valence-electron chi connectivity index (χ4n) is 3.21. The summed E-state index contributed by atoms with van der Waals surface area (Å²) in [6, 6.07) is 12.0. The van der Waals surface area contributed by atoms with Gasteiger partial charge in [0.1, 0.15) is 11.5 Å². The van der Waals surface area contributed by atoms with Gasteiger partial charge in [-0.15, -0.1) is 6.58 Å². The van der Waals surface area contributed by atoms with Crippen molar-refractivity contribution in [3.05, 3.63) is 60.2 Å². The quantitative estimate of drug-likeness (QED) is 0.434. The number of methoxy groups -OCH3 is 2. The smallest absolute Gasteiger partial charge is 0.188 e. The van der Waals surface area contributed by atoms with Crippen LogP contribution in [0.15, 0.2) is 49.1 Å². The highest BCUT2D eigenvalue weighted by Gasteiger charge is 2.21. The van der Waals surface area contributed by atoms with Crippen molar-refractivity contribution in [2.45, 2.75) is 32.3 Å². The van der Waals surface area contributed by atoms with Crippen molar-refractivity contribution in [3.63, 3.8) is 0 Å². The van der Waals surface area contributed by atoms with Gasteiger partial charge in [0.15, 0.2) is 13.6 Å². The van der Waals surface area contributed by atoms with Gasteiger partial charge in [0, 0.05) is 25.8 Å². The Hall–Kier alpha value is -2.34. The zero-order chi connectivity index (χ0) is 20.4. The summed E-state index contributed by atoms with van der Waals surface area (Å²) in [5.41, 5.74) is 4.21. The molecule has 0 aliphatic heterocycles. The first-order chi connectivity index (χ1) is 13.7.